The second-order valence-corrected chi connectivity index (χ2v) is 5.49. The molecule has 0 aliphatic heterocycles. The molecule has 1 aromatic carbocycles. The first kappa shape index (κ1) is 14.3. The van der Waals surface area contributed by atoms with E-state index in [1.165, 1.54) is 13.2 Å². The number of methoxy groups -OCH3 is 1. The number of hydrogen-bond acceptors (Lipinski definition) is 5. The highest BCUT2D eigenvalue weighted by Crippen LogP contribution is 2.32. The van der Waals surface area contributed by atoms with Crippen LogP contribution in [0.1, 0.15) is 17.3 Å². The number of aromatic carboxylic acids is 1. The Morgan fingerprint density at radius 2 is 1.94 bits per heavy atom. The Labute approximate surface area is 105 Å². The lowest BCUT2D eigenvalue weighted by molar-refractivity contribution is 0.0693. The fraction of sp³-hybridized carbons (Fsp3) is 0.364. The van der Waals surface area contributed by atoms with E-state index in [4.69, 9.17) is 14.6 Å². The Morgan fingerprint density at radius 3 is 2.33 bits per heavy atom. The van der Waals surface area contributed by atoms with Crippen molar-refractivity contribution in [2.24, 2.45) is 0 Å². The van der Waals surface area contributed by atoms with Crippen LogP contribution in [0, 0.1) is 0 Å². The Balaban J connectivity index is 3.57. The van der Waals surface area contributed by atoms with Crippen molar-refractivity contribution >= 4 is 15.8 Å². The molecule has 7 heteroatoms. The van der Waals surface area contributed by atoms with Gasteiger partial charge in [0.2, 0.25) is 0 Å². The van der Waals surface area contributed by atoms with Crippen LogP contribution in [0.25, 0.3) is 0 Å². The molecule has 6 nitrogen and oxygen atoms in total. The first-order valence-corrected chi connectivity index (χ1v) is 6.98. The van der Waals surface area contributed by atoms with Crippen LogP contribution in [0.4, 0.5) is 0 Å². The van der Waals surface area contributed by atoms with Gasteiger partial charge in [0.15, 0.2) is 9.84 Å². The van der Waals surface area contributed by atoms with Gasteiger partial charge in [-0.15, -0.1) is 0 Å². The first-order chi connectivity index (χ1) is 8.31. The third-order valence-corrected chi connectivity index (χ3v) is 3.31. The lowest BCUT2D eigenvalue weighted by Gasteiger charge is -2.12. The number of carboxylic acids is 1. The van der Waals surface area contributed by atoms with Gasteiger partial charge >= 0.3 is 5.97 Å². The molecule has 0 saturated heterocycles. The molecule has 0 bridgehead atoms. The minimum Gasteiger partial charge on any atom is -0.496 e. The van der Waals surface area contributed by atoms with E-state index in [2.05, 4.69) is 0 Å². The molecule has 0 saturated carbocycles. The molecule has 0 amide bonds. The van der Waals surface area contributed by atoms with E-state index >= 15 is 0 Å². The molecule has 0 heterocycles. The van der Waals surface area contributed by atoms with Gasteiger partial charge in [-0.3, -0.25) is 0 Å². The predicted octanol–water partition coefficient (Wildman–Crippen LogP) is 1.20. The van der Waals surface area contributed by atoms with Gasteiger partial charge in [-0.2, -0.15) is 0 Å². The molecule has 0 aliphatic rings. The van der Waals surface area contributed by atoms with Gasteiger partial charge in [0.05, 0.1) is 13.7 Å². The lowest BCUT2D eigenvalue weighted by atomic mass is 10.2. The monoisotopic (exact) mass is 274 g/mol. The summed E-state index contributed by atoms with van der Waals surface area (Å²) in [5.74, 6) is -1.13. The number of carbonyl (C=O) groups is 1. The summed E-state index contributed by atoms with van der Waals surface area (Å²) in [7, 11) is -2.28. The molecule has 0 radical (unpaired) electrons. The van der Waals surface area contributed by atoms with Crippen molar-refractivity contribution in [1.82, 2.24) is 0 Å². The van der Waals surface area contributed by atoms with Gasteiger partial charge in [-0.25, -0.2) is 13.2 Å². The van der Waals surface area contributed by atoms with Crippen LogP contribution in [-0.2, 0) is 9.84 Å². The quantitative estimate of drug-likeness (QED) is 0.867. The molecule has 0 aromatic heterocycles. The molecule has 18 heavy (non-hydrogen) atoms. The van der Waals surface area contributed by atoms with Gasteiger partial charge < -0.3 is 14.6 Å². The predicted molar refractivity (Wildman–Crippen MR) is 64.2 cm³/mol. The average Bonchev–Trinajstić information content (AvgIpc) is 2.26. The molecule has 0 fully saturated rings. The van der Waals surface area contributed by atoms with E-state index in [1.54, 1.807) is 6.92 Å². The number of sulfone groups is 1. The van der Waals surface area contributed by atoms with E-state index < -0.39 is 15.8 Å². The van der Waals surface area contributed by atoms with Crippen LogP contribution in [0.2, 0.25) is 0 Å². The Kier molecular flexibility index (Phi) is 4.18. The fourth-order valence-corrected chi connectivity index (χ4v) is 2.25. The summed E-state index contributed by atoms with van der Waals surface area (Å²) in [5.41, 5.74) is -0.221. The van der Waals surface area contributed by atoms with Crippen molar-refractivity contribution in [2.75, 3.05) is 20.0 Å². The molecule has 0 unspecified atom stereocenters. The van der Waals surface area contributed by atoms with Crippen LogP contribution in [0.15, 0.2) is 17.0 Å². The SMILES string of the molecule is CCOc1cc(OC)c(C(=O)O)cc1S(C)(=O)=O. The number of carboxylic acid groups (broad SMARTS) is 1. The van der Waals surface area contributed by atoms with Gasteiger partial charge in [-0.1, -0.05) is 0 Å². The Morgan fingerprint density at radius 1 is 1.33 bits per heavy atom. The highest BCUT2D eigenvalue weighted by Gasteiger charge is 2.21. The first-order valence-electron chi connectivity index (χ1n) is 5.09. The lowest BCUT2D eigenvalue weighted by Crippen LogP contribution is -2.08. The zero-order valence-electron chi connectivity index (χ0n) is 10.3. The second-order valence-electron chi connectivity index (χ2n) is 3.51. The molecule has 1 N–H and O–H groups in total. The van der Waals surface area contributed by atoms with E-state index in [-0.39, 0.29) is 28.6 Å². The minimum atomic E-state index is -3.58. The number of ether oxygens (including phenoxy) is 2. The molecular formula is C11H14O6S. The van der Waals surface area contributed by atoms with Crippen molar-refractivity contribution in [3.63, 3.8) is 0 Å². The number of benzene rings is 1. The summed E-state index contributed by atoms with van der Waals surface area (Å²) < 4.78 is 33.3. The van der Waals surface area contributed by atoms with Crippen LogP contribution < -0.4 is 9.47 Å². The summed E-state index contributed by atoms with van der Waals surface area (Å²) in [6.45, 7) is 1.96. The topological polar surface area (TPSA) is 89.9 Å². The molecule has 0 atom stereocenters. The van der Waals surface area contributed by atoms with Crippen molar-refractivity contribution in [1.29, 1.82) is 0 Å². The van der Waals surface area contributed by atoms with Crippen molar-refractivity contribution in [2.45, 2.75) is 11.8 Å². The second kappa shape index (κ2) is 5.26. The summed E-state index contributed by atoms with van der Waals surface area (Å²) in [6.07, 6.45) is 0.989. The fourth-order valence-electron chi connectivity index (χ4n) is 1.44. The molecule has 0 spiro atoms. The molecule has 1 aromatic rings. The molecular weight excluding hydrogens is 260 g/mol. The van der Waals surface area contributed by atoms with Crippen molar-refractivity contribution in [3.8, 4) is 11.5 Å². The maximum absolute atomic E-state index is 11.6. The summed E-state index contributed by atoms with van der Waals surface area (Å²) in [4.78, 5) is 10.8. The van der Waals surface area contributed by atoms with Crippen LogP contribution in [0.5, 0.6) is 11.5 Å². The van der Waals surface area contributed by atoms with E-state index in [1.807, 2.05) is 0 Å². The van der Waals surface area contributed by atoms with Crippen LogP contribution in [-0.4, -0.2) is 39.5 Å². The van der Waals surface area contributed by atoms with Crippen LogP contribution in [0.3, 0.4) is 0 Å². The maximum atomic E-state index is 11.6. The Hall–Kier alpha value is -1.76. The van der Waals surface area contributed by atoms with Gasteiger partial charge in [-0.05, 0) is 13.0 Å². The number of hydrogen-bond donors (Lipinski definition) is 1. The molecule has 100 valence electrons. The van der Waals surface area contributed by atoms with E-state index in [0.29, 0.717) is 0 Å². The highest BCUT2D eigenvalue weighted by molar-refractivity contribution is 7.90. The third kappa shape index (κ3) is 2.92. The minimum absolute atomic E-state index is 0.0540. The molecule has 1 rings (SSSR count). The van der Waals surface area contributed by atoms with Gasteiger partial charge in [0.25, 0.3) is 0 Å². The summed E-state index contributed by atoms with van der Waals surface area (Å²) in [6, 6.07) is 2.31. The standard InChI is InChI=1S/C11H14O6S/c1-4-17-9-6-8(16-2)7(11(12)13)5-10(9)18(3,14)15/h5-6H,4H2,1-3H3,(H,12,13). The summed E-state index contributed by atoms with van der Waals surface area (Å²) >= 11 is 0. The normalized spacial score (nSPS) is 11.1. The van der Waals surface area contributed by atoms with E-state index in [0.717, 1.165) is 12.3 Å². The van der Waals surface area contributed by atoms with Crippen molar-refractivity contribution < 1.29 is 27.8 Å². The largest absolute Gasteiger partial charge is 0.496 e. The maximum Gasteiger partial charge on any atom is 0.339 e. The summed E-state index contributed by atoms with van der Waals surface area (Å²) in [5, 5.41) is 8.99. The number of rotatable bonds is 5. The Bertz CT molecular complexity index is 561. The van der Waals surface area contributed by atoms with Crippen molar-refractivity contribution in [3.05, 3.63) is 17.7 Å². The highest BCUT2D eigenvalue weighted by atomic mass is 32.2. The van der Waals surface area contributed by atoms with Gasteiger partial charge in [0.1, 0.15) is 22.0 Å². The van der Waals surface area contributed by atoms with E-state index in [9.17, 15) is 13.2 Å². The third-order valence-electron chi connectivity index (χ3n) is 2.20. The zero-order chi connectivity index (χ0) is 13.9. The zero-order valence-corrected chi connectivity index (χ0v) is 11.1. The van der Waals surface area contributed by atoms with Crippen LogP contribution >= 0.6 is 0 Å². The average molecular weight is 274 g/mol. The van der Waals surface area contributed by atoms with Gasteiger partial charge in [0, 0.05) is 12.3 Å². The molecule has 0 aliphatic carbocycles. The smallest absolute Gasteiger partial charge is 0.339 e.